The molecule has 4 nitrogen and oxygen atoms in total. The highest BCUT2D eigenvalue weighted by atomic mass is 35.5. The zero-order valence-electron chi connectivity index (χ0n) is 12.2. The normalized spacial score (nSPS) is 21.6. The first kappa shape index (κ1) is 15.3. The van der Waals surface area contributed by atoms with Crippen molar-refractivity contribution in [1.29, 1.82) is 0 Å². The lowest BCUT2D eigenvalue weighted by atomic mass is 10.1. The third kappa shape index (κ3) is 3.59. The molecule has 0 atom stereocenters. The minimum Gasteiger partial charge on any atom is -0.300 e. The van der Waals surface area contributed by atoms with E-state index in [-0.39, 0.29) is 16.0 Å². The first-order valence-electron chi connectivity index (χ1n) is 7.48. The van der Waals surface area contributed by atoms with E-state index in [4.69, 9.17) is 11.6 Å². The van der Waals surface area contributed by atoms with Gasteiger partial charge in [-0.05, 0) is 63.4 Å². The second kappa shape index (κ2) is 5.88. The summed E-state index contributed by atoms with van der Waals surface area (Å²) < 4.78 is 27.7. The minimum absolute atomic E-state index is 0.0161. The van der Waals surface area contributed by atoms with Gasteiger partial charge in [-0.2, -0.15) is 0 Å². The molecule has 116 valence electrons. The van der Waals surface area contributed by atoms with Crippen LogP contribution in [0, 0.1) is 6.92 Å². The molecule has 21 heavy (non-hydrogen) atoms. The lowest BCUT2D eigenvalue weighted by Gasteiger charge is -2.32. The number of halogens is 1. The summed E-state index contributed by atoms with van der Waals surface area (Å²) in [5, 5.41) is 0.290. The number of hydrogen-bond acceptors (Lipinski definition) is 3. The van der Waals surface area contributed by atoms with E-state index in [9.17, 15) is 8.42 Å². The molecule has 0 amide bonds. The molecule has 0 bridgehead atoms. The van der Waals surface area contributed by atoms with Crippen molar-refractivity contribution < 1.29 is 8.42 Å². The molecule has 1 N–H and O–H groups in total. The van der Waals surface area contributed by atoms with Gasteiger partial charge in [0.2, 0.25) is 10.0 Å². The van der Waals surface area contributed by atoms with E-state index in [0.29, 0.717) is 0 Å². The Morgan fingerprint density at radius 1 is 1.19 bits per heavy atom. The number of piperidine rings is 1. The Balaban J connectivity index is 1.66. The van der Waals surface area contributed by atoms with Crippen molar-refractivity contribution in [3.63, 3.8) is 0 Å². The fourth-order valence-electron chi connectivity index (χ4n) is 2.93. The van der Waals surface area contributed by atoms with Crippen LogP contribution in [-0.4, -0.2) is 38.5 Å². The van der Waals surface area contributed by atoms with Gasteiger partial charge in [0, 0.05) is 12.1 Å². The van der Waals surface area contributed by atoms with Crippen LogP contribution in [0.4, 0.5) is 0 Å². The number of benzene rings is 1. The summed E-state index contributed by atoms with van der Waals surface area (Å²) in [6.07, 6.45) is 4.35. The predicted octanol–water partition coefficient (Wildman–Crippen LogP) is 2.55. The second-order valence-corrected chi connectivity index (χ2v) is 8.19. The minimum atomic E-state index is -3.53. The molecule has 0 aromatic heterocycles. The first-order valence-corrected chi connectivity index (χ1v) is 9.34. The molecular formula is C15H21ClN2O2S. The van der Waals surface area contributed by atoms with Crippen molar-refractivity contribution in [2.75, 3.05) is 13.1 Å². The van der Waals surface area contributed by atoms with Crippen LogP contribution in [0.5, 0.6) is 0 Å². The number of aryl methyl sites for hydroxylation is 1. The standard InChI is InChI=1S/C15H21ClN2O2S/c1-11-2-5-15(14(16)10-11)21(19,20)17-12-6-8-18(9-7-12)13-3-4-13/h2,5,10,12-13,17H,3-4,6-9H2,1H3. The quantitative estimate of drug-likeness (QED) is 0.924. The lowest BCUT2D eigenvalue weighted by molar-refractivity contribution is 0.199. The molecule has 0 radical (unpaired) electrons. The van der Waals surface area contributed by atoms with Crippen LogP contribution in [0.3, 0.4) is 0 Å². The lowest BCUT2D eigenvalue weighted by Crippen LogP contribution is -2.45. The summed E-state index contributed by atoms with van der Waals surface area (Å²) in [7, 11) is -3.53. The van der Waals surface area contributed by atoms with E-state index in [0.717, 1.165) is 37.5 Å². The SMILES string of the molecule is Cc1ccc(S(=O)(=O)NC2CCN(C3CC3)CC2)c(Cl)c1. The molecule has 1 saturated carbocycles. The zero-order valence-corrected chi connectivity index (χ0v) is 13.8. The average molecular weight is 329 g/mol. The van der Waals surface area contributed by atoms with Gasteiger partial charge in [0.05, 0.1) is 5.02 Å². The van der Waals surface area contributed by atoms with E-state index >= 15 is 0 Å². The Bertz CT molecular complexity index is 621. The zero-order chi connectivity index (χ0) is 15.0. The van der Waals surface area contributed by atoms with Gasteiger partial charge in [0.1, 0.15) is 4.90 Å². The second-order valence-electron chi connectivity index (χ2n) is 6.10. The van der Waals surface area contributed by atoms with Crippen LogP contribution in [-0.2, 0) is 10.0 Å². The Labute approximate surface area is 131 Å². The van der Waals surface area contributed by atoms with E-state index in [1.807, 2.05) is 6.92 Å². The number of nitrogens with one attached hydrogen (secondary N) is 1. The maximum atomic E-state index is 12.5. The average Bonchev–Trinajstić information content (AvgIpc) is 3.23. The summed E-state index contributed by atoms with van der Waals surface area (Å²) in [5.41, 5.74) is 0.955. The summed E-state index contributed by atoms with van der Waals surface area (Å²) in [6.45, 7) is 3.86. The third-order valence-corrected chi connectivity index (χ3v) is 6.29. The van der Waals surface area contributed by atoms with E-state index in [1.54, 1.807) is 18.2 Å². The van der Waals surface area contributed by atoms with Crippen LogP contribution in [0.15, 0.2) is 23.1 Å². The summed E-state index contributed by atoms with van der Waals surface area (Å²) in [6, 6.07) is 5.82. The largest absolute Gasteiger partial charge is 0.300 e. The monoisotopic (exact) mass is 328 g/mol. The van der Waals surface area contributed by atoms with Crippen LogP contribution >= 0.6 is 11.6 Å². The highest BCUT2D eigenvalue weighted by Gasteiger charge is 2.33. The Morgan fingerprint density at radius 2 is 1.86 bits per heavy atom. The van der Waals surface area contributed by atoms with E-state index < -0.39 is 10.0 Å². The third-order valence-electron chi connectivity index (χ3n) is 4.29. The van der Waals surface area contributed by atoms with Crippen molar-refractivity contribution in [3.05, 3.63) is 28.8 Å². The molecule has 1 aromatic carbocycles. The number of rotatable bonds is 4. The van der Waals surface area contributed by atoms with Crippen LogP contribution in [0.2, 0.25) is 5.02 Å². The Hall–Kier alpha value is -0.620. The molecule has 2 fully saturated rings. The Kier molecular flexibility index (Phi) is 4.28. The van der Waals surface area contributed by atoms with Crippen molar-refractivity contribution in [2.45, 2.75) is 49.6 Å². The first-order chi connectivity index (χ1) is 9.95. The highest BCUT2D eigenvalue weighted by molar-refractivity contribution is 7.89. The number of hydrogen-bond donors (Lipinski definition) is 1. The van der Waals surface area contributed by atoms with Gasteiger partial charge in [-0.25, -0.2) is 13.1 Å². The van der Waals surface area contributed by atoms with E-state index in [1.165, 1.54) is 12.8 Å². The van der Waals surface area contributed by atoms with Crippen LogP contribution in [0.1, 0.15) is 31.2 Å². The fraction of sp³-hybridized carbons (Fsp3) is 0.600. The molecule has 3 rings (SSSR count). The smallest absolute Gasteiger partial charge is 0.242 e. The molecule has 6 heteroatoms. The van der Waals surface area contributed by atoms with Gasteiger partial charge in [0.15, 0.2) is 0 Å². The maximum absolute atomic E-state index is 12.5. The summed E-state index contributed by atoms with van der Waals surface area (Å²) in [5.74, 6) is 0. The number of likely N-dealkylation sites (tertiary alicyclic amines) is 1. The van der Waals surface area contributed by atoms with Gasteiger partial charge in [-0.15, -0.1) is 0 Å². The van der Waals surface area contributed by atoms with Gasteiger partial charge in [-0.3, -0.25) is 0 Å². The highest BCUT2D eigenvalue weighted by Crippen LogP contribution is 2.30. The molecule has 1 aliphatic carbocycles. The molecule has 1 heterocycles. The molecule has 1 saturated heterocycles. The van der Waals surface area contributed by atoms with Crippen molar-refractivity contribution in [1.82, 2.24) is 9.62 Å². The molecule has 0 unspecified atom stereocenters. The molecule has 0 spiro atoms. The number of nitrogens with zero attached hydrogens (tertiary/aromatic N) is 1. The number of sulfonamides is 1. The topological polar surface area (TPSA) is 49.4 Å². The summed E-state index contributed by atoms with van der Waals surface area (Å²) in [4.78, 5) is 2.66. The van der Waals surface area contributed by atoms with Gasteiger partial charge in [0.25, 0.3) is 0 Å². The molecule has 2 aliphatic rings. The Morgan fingerprint density at radius 3 is 2.43 bits per heavy atom. The van der Waals surface area contributed by atoms with Crippen molar-refractivity contribution >= 4 is 21.6 Å². The fourth-order valence-corrected chi connectivity index (χ4v) is 4.83. The molecular weight excluding hydrogens is 308 g/mol. The van der Waals surface area contributed by atoms with Crippen molar-refractivity contribution in [3.8, 4) is 0 Å². The van der Waals surface area contributed by atoms with Crippen LogP contribution < -0.4 is 4.72 Å². The van der Waals surface area contributed by atoms with Gasteiger partial charge < -0.3 is 4.90 Å². The predicted molar refractivity (Wildman–Crippen MR) is 84.1 cm³/mol. The molecule has 1 aromatic rings. The molecule has 1 aliphatic heterocycles. The maximum Gasteiger partial charge on any atom is 0.242 e. The summed E-state index contributed by atoms with van der Waals surface area (Å²) >= 11 is 6.08. The van der Waals surface area contributed by atoms with E-state index in [2.05, 4.69) is 9.62 Å². The van der Waals surface area contributed by atoms with Gasteiger partial charge >= 0.3 is 0 Å². The van der Waals surface area contributed by atoms with Gasteiger partial charge in [-0.1, -0.05) is 17.7 Å². The van der Waals surface area contributed by atoms with Crippen LogP contribution in [0.25, 0.3) is 0 Å². The van der Waals surface area contributed by atoms with Crippen molar-refractivity contribution in [2.24, 2.45) is 0 Å².